The molecule has 2 aromatic rings. The molecule has 3 rings (SSSR count). The summed E-state index contributed by atoms with van der Waals surface area (Å²) in [7, 11) is 0. The zero-order valence-corrected chi connectivity index (χ0v) is 14.2. The Morgan fingerprint density at radius 1 is 1.40 bits per heavy atom. The molecule has 0 bridgehead atoms. The van der Waals surface area contributed by atoms with Crippen LogP contribution in [0.3, 0.4) is 0 Å². The first-order chi connectivity index (χ1) is 12.1. The van der Waals surface area contributed by atoms with Gasteiger partial charge in [0.15, 0.2) is 11.6 Å². The van der Waals surface area contributed by atoms with Crippen LogP contribution in [-0.2, 0) is 11.3 Å². The number of nitrogens with zero attached hydrogens (tertiary/aromatic N) is 3. The number of halogens is 2. The fourth-order valence-electron chi connectivity index (χ4n) is 2.78. The number of carbonyl (C=O) groups is 1. The molecule has 1 amide bonds. The predicted molar refractivity (Wildman–Crippen MR) is 92.0 cm³/mol. The second-order valence-corrected chi connectivity index (χ2v) is 6.14. The lowest BCUT2D eigenvalue weighted by Gasteiger charge is -2.33. The van der Waals surface area contributed by atoms with Crippen LogP contribution >= 0.6 is 11.6 Å². The van der Waals surface area contributed by atoms with Crippen LogP contribution in [0.1, 0.15) is 18.4 Å². The standard InChI is InChI=1S/C17H18ClFN4O2/c18-16-20-9-14(19)15(22-16)23-8-4-7-13(10-23)21-17(24)25-11-12-5-2-1-3-6-12/h1-3,5-6,9,13H,4,7-8,10-11H2,(H,21,24)/t13-/m1/s1. The van der Waals surface area contributed by atoms with E-state index in [4.69, 9.17) is 16.3 Å². The summed E-state index contributed by atoms with van der Waals surface area (Å²) in [4.78, 5) is 21.3. The molecule has 1 aromatic carbocycles. The lowest BCUT2D eigenvalue weighted by Crippen LogP contribution is -2.48. The minimum Gasteiger partial charge on any atom is -0.445 e. The highest BCUT2D eigenvalue weighted by Gasteiger charge is 2.25. The molecule has 0 radical (unpaired) electrons. The van der Waals surface area contributed by atoms with Gasteiger partial charge in [-0.1, -0.05) is 30.3 Å². The van der Waals surface area contributed by atoms with Gasteiger partial charge in [-0.3, -0.25) is 0 Å². The van der Waals surface area contributed by atoms with E-state index in [-0.39, 0.29) is 23.8 Å². The number of aromatic nitrogens is 2. The Morgan fingerprint density at radius 2 is 2.20 bits per heavy atom. The Hall–Kier alpha value is -2.41. The molecule has 0 saturated carbocycles. The molecule has 1 atom stereocenters. The fraction of sp³-hybridized carbons (Fsp3) is 0.353. The van der Waals surface area contributed by atoms with Gasteiger partial charge in [-0.2, -0.15) is 4.98 Å². The van der Waals surface area contributed by atoms with E-state index >= 15 is 0 Å². The van der Waals surface area contributed by atoms with Crippen molar-refractivity contribution < 1.29 is 13.9 Å². The Kier molecular flexibility index (Phi) is 5.65. The van der Waals surface area contributed by atoms with Gasteiger partial charge < -0.3 is 15.0 Å². The van der Waals surface area contributed by atoms with Gasteiger partial charge >= 0.3 is 6.09 Å². The molecule has 1 fully saturated rings. The highest BCUT2D eigenvalue weighted by molar-refractivity contribution is 6.28. The third-order valence-corrected chi connectivity index (χ3v) is 4.13. The summed E-state index contributed by atoms with van der Waals surface area (Å²) >= 11 is 5.75. The van der Waals surface area contributed by atoms with Crippen LogP contribution in [0, 0.1) is 5.82 Å². The second-order valence-electron chi connectivity index (χ2n) is 5.80. The molecule has 2 heterocycles. The van der Waals surface area contributed by atoms with Gasteiger partial charge in [0.25, 0.3) is 0 Å². The third kappa shape index (κ3) is 4.79. The van der Waals surface area contributed by atoms with Crippen molar-refractivity contribution in [1.29, 1.82) is 0 Å². The van der Waals surface area contributed by atoms with E-state index in [0.29, 0.717) is 13.1 Å². The SMILES string of the molecule is O=C(N[C@@H]1CCCN(c2nc(Cl)ncc2F)C1)OCc1ccccc1. The summed E-state index contributed by atoms with van der Waals surface area (Å²) in [5, 5.41) is 2.82. The zero-order valence-electron chi connectivity index (χ0n) is 13.5. The molecular formula is C17H18ClFN4O2. The number of amides is 1. The Labute approximate surface area is 150 Å². The number of piperidine rings is 1. The normalized spacial score (nSPS) is 17.2. The Balaban J connectivity index is 1.54. The molecule has 1 N–H and O–H groups in total. The molecule has 1 aliphatic rings. The van der Waals surface area contributed by atoms with E-state index < -0.39 is 11.9 Å². The van der Waals surface area contributed by atoms with Gasteiger partial charge in [0, 0.05) is 19.1 Å². The van der Waals surface area contributed by atoms with Crippen LogP contribution < -0.4 is 10.2 Å². The van der Waals surface area contributed by atoms with Crippen LogP contribution in [0.2, 0.25) is 5.28 Å². The molecule has 1 saturated heterocycles. The first-order valence-corrected chi connectivity index (χ1v) is 8.40. The van der Waals surface area contributed by atoms with E-state index in [9.17, 15) is 9.18 Å². The summed E-state index contributed by atoms with van der Waals surface area (Å²) < 4.78 is 19.1. The van der Waals surface area contributed by atoms with Crippen molar-refractivity contribution in [3.05, 3.63) is 53.2 Å². The summed E-state index contributed by atoms with van der Waals surface area (Å²) in [6.45, 7) is 1.28. The molecule has 0 unspecified atom stereocenters. The maximum atomic E-state index is 13.9. The topological polar surface area (TPSA) is 67.4 Å². The molecule has 25 heavy (non-hydrogen) atoms. The zero-order chi connectivity index (χ0) is 17.6. The van der Waals surface area contributed by atoms with Crippen molar-refractivity contribution in [3.8, 4) is 0 Å². The second kappa shape index (κ2) is 8.11. The minimum absolute atomic E-state index is 0.00578. The van der Waals surface area contributed by atoms with Crippen LogP contribution in [-0.4, -0.2) is 35.2 Å². The number of benzene rings is 1. The average molecular weight is 365 g/mol. The highest BCUT2D eigenvalue weighted by Crippen LogP contribution is 2.22. The number of hydrogen-bond acceptors (Lipinski definition) is 5. The van der Waals surface area contributed by atoms with Gasteiger partial charge in [-0.15, -0.1) is 0 Å². The first kappa shape index (κ1) is 17.4. The molecule has 1 aromatic heterocycles. The molecule has 1 aliphatic heterocycles. The number of alkyl carbamates (subject to hydrolysis) is 1. The third-order valence-electron chi connectivity index (χ3n) is 3.95. The maximum Gasteiger partial charge on any atom is 0.407 e. The number of rotatable bonds is 4. The van der Waals surface area contributed by atoms with Crippen molar-refractivity contribution >= 4 is 23.5 Å². The fourth-order valence-corrected chi connectivity index (χ4v) is 2.91. The van der Waals surface area contributed by atoms with Crippen LogP contribution in [0.25, 0.3) is 0 Å². The van der Waals surface area contributed by atoms with Crippen LogP contribution in [0.5, 0.6) is 0 Å². The quantitative estimate of drug-likeness (QED) is 0.844. The summed E-state index contributed by atoms with van der Waals surface area (Å²) in [6, 6.07) is 9.30. The number of ether oxygens (including phenoxy) is 1. The van der Waals surface area contributed by atoms with Gasteiger partial charge in [0.1, 0.15) is 6.61 Å². The van der Waals surface area contributed by atoms with E-state index in [1.807, 2.05) is 30.3 Å². The number of carbonyl (C=O) groups excluding carboxylic acids is 1. The summed E-state index contributed by atoms with van der Waals surface area (Å²) in [5.74, 6) is -0.374. The molecule has 0 aliphatic carbocycles. The molecule has 132 valence electrons. The summed E-state index contributed by atoms with van der Waals surface area (Å²) in [6.07, 6.45) is 2.15. The predicted octanol–water partition coefficient (Wildman–Crippen LogP) is 3.16. The molecule has 8 heteroatoms. The molecule has 0 spiro atoms. The maximum absolute atomic E-state index is 13.9. The molecular weight excluding hydrogens is 347 g/mol. The first-order valence-electron chi connectivity index (χ1n) is 8.02. The van der Waals surface area contributed by atoms with Crippen molar-refractivity contribution in [2.45, 2.75) is 25.5 Å². The van der Waals surface area contributed by atoms with Gasteiger partial charge in [0.05, 0.1) is 6.20 Å². The van der Waals surface area contributed by atoms with Crippen molar-refractivity contribution in [2.75, 3.05) is 18.0 Å². The number of hydrogen-bond donors (Lipinski definition) is 1. The monoisotopic (exact) mass is 364 g/mol. The lowest BCUT2D eigenvalue weighted by atomic mass is 10.1. The van der Waals surface area contributed by atoms with Crippen molar-refractivity contribution in [2.24, 2.45) is 0 Å². The van der Waals surface area contributed by atoms with E-state index in [2.05, 4.69) is 15.3 Å². The largest absolute Gasteiger partial charge is 0.445 e. The van der Waals surface area contributed by atoms with Crippen LogP contribution in [0.15, 0.2) is 36.5 Å². The highest BCUT2D eigenvalue weighted by atomic mass is 35.5. The lowest BCUT2D eigenvalue weighted by molar-refractivity contribution is 0.134. The number of nitrogens with one attached hydrogen (secondary N) is 1. The van der Waals surface area contributed by atoms with Crippen molar-refractivity contribution in [1.82, 2.24) is 15.3 Å². The minimum atomic E-state index is -0.531. The Bertz CT molecular complexity index is 732. The summed E-state index contributed by atoms with van der Waals surface area (Å²) in [5.41, 5.74) is 0.917. The van der Waals surface area contributed by atoms with E-state index in [0.717, 1.165) is 24.6 Å². The van der Waals surface area contributed by atoms with Crippen LogP contribution in [0.4, 0.5) is 15.0 Å². The smallest absolute Gasteiger partial charge is 0.407 e. The van der Waals surface area contributed by atoms with E-state index in [1.165, 1.54) is 0 Å². The van der Waals surface area contributed by atoms with Crippen molar-refractivity contribution in [3.63, 3.8) is 0 Å². The van der Waals surface area contributed by atoms with E-state index in [1.54, 1.807) is 4.90 Å². The Morgan fingerprint density at radius 3 is 3.00 bits per heavy atom. The van der Waals surface area contributed by atoms with Gasteiger partial charge in [0.2, 0.25) is 5.28 Å². The molecule has 6 nitrogen and oxygen atoms in total. The number of anilines is 1. The average Bonchev–Trinajstić information content (AvgIpc) is 2.63. The van der Waals surface area contributed by atoms with Gasteiger partial charge in [-0.25, -0.2) is 14.2 Å². The van der Waals surface area contributed by atoms with Gasteiger partial charge in [-0.05, 0) is 30.0 Å².